The second-order valence-corrected chi connectivity index (χ2v) is 13.0. The van der Waals surface area contributed by atoms with Gasteiger partial charge in [-0.2, -0.15) is 0 Å². The second kappa shape index (κ2) is 5.67. The monoisotopic (exact) mass is 216 g/mol. The van der Waals surface area contributed by atoms with Crippen molar-refractivity contribution in [3.05, 3.63) is 0 Å². The van der Waals surface area contributed by atoms with Crippen molar-refractivity contribution in [2.45, 2.75) is 26.4 Å². The average Bonchev–Trinajstić information content (AvgIpc) is 1.83. The molecule has 0 aromatic heterocycles. The first kappa shape index (κ1) is 8.54. The number of carbonyl (C=O) groups is 1. The van der Waals surface area contributed by atoms with Gasteiger partial charge in [0.2, 0.25) is 0 Å². The molecule has 0 amide bonds. The molecule has 0 aliphatic carbocycles. The molecule has 2 heteroatoms. The SMILES string of the molecule is C[CH2][In]([CH2]C)[CH2]C=O. The molecule has 0 unspecified atom stereocenters. The van der Waals surface area contributed by atoms with Crippen molar-refractivity contribution >= 4 is 27.7 Å². The Morgan fingerprint density at radius 3 is 2.00 bits per heavy atom. The van der Waals surface area contributed by atoms with Gasteiger partial charge in [-0.25, -0.2) is 0 Å². The normalized spacial score (nSPS) is 8.75. The maximum atomic E-state index is 9.99. The Morgan fingerprint density at radius 1 is 1.38 bits per heavy atom. The van der Waals surface area contributed by atoms with E-state index in [0.29, 0.717) is 0 Å². The van der Waals surface area contributed by atoms with Crippen LogP contribution in [0.25, 0.3) is 0 Å². The number of aldehydes is 1. The summed E-state index contributed by atoms with van der Waals surface area (Å²) in [6.07, 6.45) is 1.10. The summed E-state index contributed by atoms with van der Waals surface area (Å²) in [7, 11) is 0. The van der Waals surface area contributed by atoms with Crippen molar-refractivity contribution in [3.8, 4) is 0 Å². The summed E-state index contributed by atoms with van der Waals surface area (Å²) in [6, 6.07) is 0. The molecule has 0 heterocycles. The molecule has 0 aliphatic heterocycles. The van der Waals surface area contributed by atoms with Crippen LogP contribution in [0.3, 0.4) is 0 Å². The molecule has 1 nitrogen and oxygen atoms in total. The summed E-state index contributed by atoms with van der Waals surface area (Å²) in [5, 5.41) is 0. The Labute approximate surface area is 59.0 Å². The van der Waals surface area contributed by atoms with Gasteiger partial charge in [0.15, 0.2) is 0 Å². The van der Waals surface area contributed by atoms with Crippen LogP contribution in [0.4, 0.5) is 0 Å². The van der Waals surface area contributed by atoms with Crippen LogP contribution in [0, 0.1) is 0 Å². The summed E-state index contributed by atoms with van der Waals surface area (Å²) in [5.74, 6) is 0. The summed E-state index contributed by atoms with van der Waals surface area (Å²) in [4.78, 5) is 9.99. The van der Waals surface area contributed by atoms with E-state index in [1.54, 1.807) is 0 Å². The molecule has 0 aromatic carbocycles. The topological polar surface area (TPSA) is 17.1 Å². The van der Waals surface area contributed by atoms with E-state index in [-0.39, 0.29) is 0 Å². The van der Waals surface area contributed by atoms with Gasteiger partial charge in [0, 0.05) is 0 Å². The van der Waals surface area contributed by atoms with Gasteiger partial charge in [0.25, 0.3) is 0 Å². The molecular weight excluding hydrogens is 203 g/mol. The molecule has 0 aliphatic rings. The Morgan fingerprint density at radius 2 is 1.88 bits per heavy atom. The molecular formula is C6H13InO. The van der Waals surface area contributed by atoms with Crippen molar-refractivity contribution in [3.63, 3.8) is 0 Å². The summed E-state index contributed by atoms with van der Waals surface area (Å²) < 4.78 is 3.64. The zero-order valence-electron chi connectivity index (χ0n) is 5.68. The van der Waals surface area contributed by atoms with E-state index in [4.69, 9.17) is 0 Å². The van der Waals surface area contributed by atoms with Crippen LogP contribution in [0.2, 0.25) is 12.5 Å². The van der Waals surface area contributed by atoms with E-state index < -0.39 is 21.4 Å². The molecule has 0 saturated heterocycles. The number of hydrogen-bond donors (Lipinski definition) is 0. The number of rotatable bonds is 4. The third-order valence-corrected chi connectivity index (χ3v) is 10.6. The van der Waals surface area contributed by atoms with Crippen molar-refractivity contribution in [1.82, 2.24) is 0 Å². The molecule has 0 N–H and O–H groups in total. The van der Waals surface area contributed by atoms with Gasteiger partial charge in [-0.1, -0.05) is 0 Å². The third-order valence-electron chi connectivity index (χ3n) is 1.58. The first-order valence-corrected chi connectivity index (χ1v) is 10.3. The predicted octanol–water partition coefficient (Wildman–Crippen LogP) is 1.72. The fraction of sp³-hybridized carbons (Fsp3) is 0.833. The average molecular weight is 216 g/mol. The molecule has 46 valence electrons. The molecule has 0 radical (unpaired) electrons. The minimum atomic E-state index is -1.17. The molecule has 0 fully saturated rings. The van der Waals surface area contributed by atoms with Crippen molar-refractivity contribution in [2.24, 2.45) is 0 Å². The maximum absolute atomic E-state index is 9.99. The Kier molecular flexibility index (Phi) is 6.06. The second-order valence-electron chi connectivity index (χ2n) is 2.08. The Balaban J connectivity index is 3.20. The van der Waals surface area contributed by atoms with Crippen LogP contribution < -0.4 is 0 Å². The zero-order chi connectivity index (χ0) is 6.41. The van der Waals surface area contributed by atoms with E-state index in [2.05, 4.69) is 13.8 Å². The van der Waals surface area contributed by atoms with Gasteiger partial charge in [0.05, 0.1) is 0 Å². The predicted molar refractivity (Wildman–Crippen MR) is 37.6 cm³/mol. The van der Waals surface area contributed by atoms with Gasteiger partial charge in [-0.05, 0) is 0 Å². The van der Waals surface area contributed by atoms with Gasteiger partial charge >= 0.3 is 58.9 Å². The standard InChI is InChI=1S/C2H3O.2C2H5.In/c1-2-3;2*1-2;/h2H,1H2;2*1H2,2H3;. The first-order valence-electron chi connectivity index (χ1n) is 3.28. The molecule has 0 aromatic rings. The molecule has 0 spiro atoms. The van der Waals surface area contributed by atoms with E-state index in [1.807, 2.05) is 0 Å². The number of carbonyl (C=O) groups excluding carboxylic acids is 1. The van der Waals surface area contributed by atoms with Crippen molar-refractivity contribution in [1.29, 1.82) is 0 Å². The van der Waals surface area contributed by atoms with Crippen LogP contribution in [-0.4, -0.2) is 27.7 Å². The summed E-state index contributed by atoms with van der Waals surface area (Å²) in [5.41, 5.74) is 0. The van der Waals surface area contributed by atoms with Crippen LogP contribution in [-0.2, 0) is 4.79 Å². The fourth-order valence-electron chi connectivity index (χ4n) is 0.758. The van der Waals surface area contributed by atoms with E-state index in [0.717, 1.165) is 10.5 Å². The van der Waals surface area contributed by atoms with Gasteiger partial charge in [0.1, 0.15) is 0 Å². The molecule has 0 rings (SSSR count). The fourth-order valence-corrected chi connectivity index (χ4v) is 5.09. The van der Waals surface area contributed by atoms with Crippen molar-refractivity contribution in [2.75, 3.05) is 0 Å². The summed E-state index contributed by atoms with van der Waals surface area (Å²) in [6.45, 7) is 4.43. The van der Waals surface area contributed by atoms with Crippen LogP contribution in [0.1, 0.15) is 13.8 Å². The van der Waals surface area contributed by atoms with E-state index in [1.165, 1.54) is 8.35 Å². The summed E-state index contributed by atoms with van der Waals surface area (Å²) >= 11 is -1.17. The quantitative estimate of drug-likeness (QED) is 0.654. The zero-order valence-corrected chi connectivity index (χ0v) is 8.98. The van der Waals surface area contributed by atoms with Gasteiger partial charge < -0.3 is 0 Å². The van der Waals surface area contributed by atoms with Gasteiger partial charge in [-0.3, -0.25) is 0 Å². The molecule has 0 bridgehead atoms. The molecule has 8 heavy (non-hydrogen) atoms. The Hall–Kier alpha value is 0.540. The molecule has 0 atom stereocenters. The van der Waals surface area contributed by atoms with Crippen LogP contribution in [0.5, 0.6) is 0 Å². The van der Waals surface area contributed by atoms with Gasteiger partial charge in [-0.15, -0.1) is 0 Å². The molecule has 0 saturated carbocycles. The number of hydrogen-bond acceptors (Lipinski definition) is 1. The minimum absolute atomic E-state index is 0.953. The Bertz CT molecular complexity index is 59.5. The third kappa shape index (κ3) is 3.53. The van der Waals surface area contributed by atoms with Crippen LogP contribution >= 0.6 is 0 Å². The van der Waals surface area contributed by atoms with Crippen molar-refractivity contribution < 1.29 is 4.79 Å². The van der Waals surface area contributed by atoms with E-state index in [9.17, 15) is 4.79 Å². The first-order chi connectivity index (χ1) is 3.85. The van der Waals surface area contributed by atoms with Crippen LogP contribution in [0.15, 0.2) is 0 Å². The van der Waals surface area contributed by atoms with E-state index >= 15 is 0 Å².